The van der Waals surface area contributed by atoms with Crippen molar-refractivity contribution in [3.8, 4) is 0 Å². The fourth-order valence-corrected chi connectivity index (χ4v) is 4.06. The SMILES string of the molecule is O=C(Cl)[C@@H]1CCCN1S(=O)(=O)c1ccc(Cl)cc1. The Kier molecular flexibility index (Phi) is 3.96. The van der Waals surface area contributed by atoms with Gasteiger partial charge in [0.05, 0.1) is 10.9 Å². The number of hydrogen-bond acceptors (Lipinski definition) is 3. The lowest BCUT2D eigenvalue weighted by Gasteiger charge is -2.21. The van der Waals surface area contributed by atoms with Crippen molar-refractivity contribution >= 4 is 38.5 Å². The molecule has 0 bridgehead atoms. The van der Waals surface area contributed by atoms with E-state index in [1.54, 1.807) is 0 Å². The summed E-state index contributed by atoms with van der Waals surface area (Å²) >= 11 is 11.1. The Bertz CT molecular complexity index is 556. The van der Waals surface area contributed by atoms with Gasteiger partial charge in [-0.1, -0.05) is 11.6 Å². The van der Waals surface area contributed by atoms with Gasteiger partial charge in [0.1, 0.15) is 0 Å². The zero-order valence-electron chi connectivity index (χ0n) is 9.34. The highest BCUT2D eigenvalue weighted by molar-refractivity contribution is 7.89. The van der Waals surface area contributed by atoms with Crippen LogP contribution in [0.15, 0.2) is 29.2 Å². The Morgan fingerprint density at radius 1 is 1.28 bits per heavy atom. The molecule has 0 spiro atoms. The summed E-state index contributed by atoms with van der Waals surface area (Å²) in [6, 6.07) is 5.09. The topological polar surface area (TPSA) is 54.5 Å². The predicted octanol–water partition coefficient (Wildman–Crippen LogP) is 2.26. The van der Waals surface area contributed by atoms with E-state index in [9.17, 15) is 13.2 Å². The van der Waals surface area contributed by atoms with Crippen LogP contribution >= 0.6 is 23.2 Å². The normalized spacial score (nSPS) is 21.1. The van der Waals surface area contributed by atoms with Crippen LogP contribution < -0.4 is 0 Å². The number of nitrogens with zero attached hydrogens (tertiary/aromatic N) is 1. The fraction of sp³-hybridized carbons (Fsp3) is 0.364. The fourth-order valence-electron chi connectivity index (χ4n) is 2.00. The summed E-state index contributed by atoms with van der Waals surface area (Å²) in [7, 11) is -3.68. The average Bonchev–Trinajstić information content (AvgIpc) is 2.79. The third-order valence-corrected chi connectivity index (χ3v) is 5.31. The zero-order chi connectivity index (χ0) is 13.3. The largest absolute Gasteiger partial charge is 0.279 e. The van der Waals surface area contributed by atoms with E-state index in [-0.39, 0.29) is 4.90 Å². The molecule has 0 aromatic heterocycles. The molecular formula is C11H11Cl2NO3S. The number of benzene rings is 1. The van der Waals surface area contributed by atoms with Gasteiger partial charge in [-0.05, 0) is 48.7 Å². The third-order valence-electron chi connectivity index (χ3n) is 2.89. The highest BCUT2D eigenvalue weighted by atomic mass is 35.5. The predicted molar refractivity (Wildman–Crippen MR) is 69.2 cm³/mol. The molecule has 1 fully saturated rings. The van der Waals surface area contributed by atoms with Crippen LogP contribution in [0.5, 0.6) is 0 Å². The van der Waals surface area contributed by atoms with Gasteiger partial charge in [-0.25, -0.2) is 8.42 Å². The maximum atomic E-state index is 12.3. The molecule has 1 atom stereocenters. The molecule has 0 radical (unpaired) electrons. The molecule has 18 heavy (non-hydrogen) atoms. The number of rotatable bonds is 3. The van der Waals surface area contributed by atoms with Gasteiger partial charge in [-0.15, -0.1) is 0 Å². The van der Waals surface area contributed by atoms with E-state index in [4.69, 9.17) is 23.2 Å². The van der Waals surface area contributed by atoms with E-state index >= 15 is 0 Å². The van der Waals surface area contributed by atoms with Crippen LogP contribution in [0.1, 0.15) is 12.8 Å². The van der Waals surface area contributed by atoms with E-state index < -0.39 is 21.3 Å². The summed E-state index contributed by atoms with van der Waals surface area (Å²) in [5.41, 5.74) is 0. The zero-order valence-corrected chi connectivity index (χ0v) is 11.7. The van der Waals surface area contributed by atoms with Crippen molar-refractivity contribution in [3.63, 3.8) is 0 Å². The van der Waals surface area contributed by atoms with Gasteiger partial charge in [0.15, 0.2) is 0 Å². The Morgan fingerprint density at radius 3 is 2.44 bits per heavy atom. The smallest absolute Gasteiger partial charge is 0.243 e. The Morgan fingerprint density at radius 2 is 1.89 bits per heavy atom. The van der Waals surface area contributed by atoms with Crippen molar-refractivity contribution in [2.45, 2.75) is 23.8 Å². The summed E-state index contributed by atoms with van der Waals surface area (Å²) in [5, 5.41) is -0.176. The van der Waals surface area contributed by atoms with E-state index in [2.05, 4.69) is 0 Å². The minimum atomic E-state index is -3.68. The summed E-state index contributed by atoms with van der Waals surface area (Å²) in [6.07, 6.45) is 1.10. The second kappa shape index (κ2) is 5.17. The van der Waals surface area contributed by atoms with Crippen molar-refractivity contribution in [2.75, 3.05) is 6.54 Å². The molecule has 0 aliphatic carbocycles. The van der Waals surface area contributed by atoms with E-state index in [1.165, 1.54) is 24.3 Å². The highest BCUT2D eigenvalue weighted by Gasteiger charge is 2.38. The molecule has 4 nitrogen and oxygen atoms in total. The molecule has 2 rings (SSSR count). The van der Waals surface area contributed by atoms with Crippen molar-refractivity contribution in [1.29, 1.82) is 0 Å². The van der Waals surface area contributed by atoms with E-state index in [1.807, 2.05) is 0 Å². The van der Waals surface area contributed by atoms with Crippen LogP contribution in [0, 0.1) is 0 Å². The first-order chi connectivity index (χ1) is 8.43. The van der Waals surface area contributed by atoms with Gasteiger partial charge >= 0.3 is 0 Å². The van der Waals surface area contributed by atoms with Gasteiger partial charge in [-0.3, -0.25) is 4.79 Å². The summed E-state index contributed by atoms with van der Waals surface area (Å²) in [6.45, 7) is 0.314. The molecule has 1 heterocycles. The lowest BCUT2D eigenvalue weighted by molar-refractivity contribution is -0.114. The second-order valence-electron chi connectivity index (χ2n) is 4.03. The molecule has 0 N–H and O–H groups in total. The minimum Gasteiger partial charge on any atom is -0.279 e. The molecular weight excluding hydrogens is 297 g/mol. The second-order valence-corrected chi connectivity index (χ2v) is 6.73. The minimum absolute atomic E-state index is 0.122. The van der Waals surface area contributed by atoms with Crippen LogP contribution in [0.25, 0.3) is 0 Å². The lowest BCUT2D eigenvalue weighted by Crippen LogP contribution is -2.38. The Labute approximate surface area is 116 Å². The van der Waals surface area contributed by atoms with Crippen molar-refractivity contribution in [3.05, 3.63) is 29.3 Å². The summed E-state index contributed by atoms with van der Waals surface area (Å²) < 4.78 is 25.8. The number of sulfonamides is 1. The van der Waals surface area contributed by atoms with Crippen LogP contribution in [-0.4, -0.2) is 30.6 Å². The number of carbonyl (C=O) groups excluding carboxylic acids is 1. The first kappa shape index (κ1) is 13.8. The van der Waals surface area contributed by atoms with Crippen LogP contribution in [0.4, 0.5) is 0 Å². The molecule has 1 aromatic carbocycles. The van der Waals surface area contributed by atoms with E-state index in [0.717, 1.165) is 4.31 Å². The Hall–Kier alpha value is -0.620. The molecule has 1 aliphatic rings. The standard InChI is InChI=1S/C11H11Cl2NO3S/c12-8-3-5-9(6-4-8)18(16,17)14-7-1-2-10(14)11(13)15/h3-6,10H,1-2,7H2/t10-/m0/s1. The maximum Gasteiger partial charge on any atom is 0.243 e. The van der Waals surface area contributed by atoms with Crippen molar-refractivity contribution < 1.29 is 13.2 Å². The average molecular weight is 308 g/mol. The van der Waals surface area contributed by atoms with Gasteiger partial charge < -0.3 is 0 Å². The third kappa shape index (κ3) is 2.54. The van der Waals surface area contributed by atoms with Crippen molar-refractivity contribution in [2.24, 2.45) is 0 Å². The molecule has 98 valence electrons. The van der Waals surface area contributed by atoms with E-state index in [0.29, 0.717) is 24.4 Å². The van der Waals surface area contributed by atoms with Gasteiger partial charge in [-0.2, -0.15) is 4.31 Å². The molecule has 1 aromatic rings. The summed E-state index contributed by atoms with van der Waals surface area (Å²) in [5.74, 6) is 0. The monoisotopic (exact) mass is 307 g/mol. The Balaban J connectivity index is 2.36. The highest BCUT2D eigenvalue weighted by Crippen LogP contribution is 2.27. The lowest BCUT2D eigenvalue weighted by atomic mass is 10.2. The molecule has 1 saturated heterocycles. The van der Waals surface area contributed by atoms with Crippen LogP contribution in [0.2, 0.25) is 5.02 Å². The quantitative estimate of drug-likeness (QED) is 0.805. The maximum absolute atomic E-state index is 12.3. The molecule has 0 unspecified atom stereocenters. The van der Waals surface area contributed by atoms with Gasteiger partial charge in [0.25, 0.3) is 0 Å². The number of halogens is 2. The van der Waals surface area contributed by atoms with Gasteiger partial charge in [0.2, 0.25) is 15.3 Å². The first-order valence-electron chi connectivity index (χ1n) is 5.39. The number of carbonyl (C=O) groups is 1. The molecule has 0 saturated carbocycles. The molecule has 1 aliphatic heterocycles. The van der Waals surface area contributed by atoms with Crippen LogP contribution in [-0.2, 0) is 14.8 Å². The van der Waals surface area contributed by atoms with Gasteiger partial charge in [0, 0.05) is 11.6 Å². The molecule has 7 heteroatoms. The van der Waals surface area contributed by atoms with Crippen LogP contribution in [0.3, 0.4) is 0 Å². The van der Waals surface area contributed by atoms with Crippen molar-refractivity contribution in [1.82, 2.24) is 4.31 Å². The molecule has 0 amide bonds. The summed E-state index contributed by atoms with van der Waals surface area (Å²) in [4.78, 5) is 11.3. The number of hydrogen-bond donors (Lipinski definition) is 0. The first-order valence-corrected chi connectivity index (χ1v) is 7.59.